The van der Waals surface area contributed by atoms with Crippen molar-refractivity contribution in [3.63, 3.8) is 0 Å². The normalized spacial score (nSPS) is 17.9. The Bertz CT molecular complexity index is 1740. The molecule has 2 amide bonds. The number of carbonyl (C=O) groups excluding carboxylic acids is 3. The second-order valence-corrected chi connectivity index (χ2v) is 11.7. The number of β-lactam (4-membered cyclic amide) rings is 1. The Hall–Kier alpha value is -5.28. The van der Waals surface area contributed by atoms with E-state index in [4.69, 9.17) is 10.5 Å². The first-order chi connectivity index (χ1) is 22.0. The van der Waals surface area contributed by atoms with Crippen molar-refractivity contribution in [2.24, 2.45) is 10.7 Å². The Morgan fingerprint density at radius 2 is 1.53 bits per heavy atom. The molecule has 8 nitrogen and oxygen atoms in total. The number of esters is 1. The number of ether oxygens (including phenoxy) is 1. The van der Waals surface area contributed by atoms with Crippen LogP contribution in [0.25, 0.3) is 0 Å². The summed E-state index contributed by atoms with van der Waals surface area (Å²) < 4.78 is 8.12. The summed E-state index contributed by atoms with van der Waals surface area (Å²) in [7, 11) is 0. The van der Waals surface area contributed by atoms with Crippen molar-refractivity contribution in [2.45, 2.75) is 24.1 Å². The molecule has 2 aliphatic rings. The summed E-state index contributed by atoms with van der Waals surface area (Å²) in [6.45, 7) is 0.480. The fourth-order valence-electron chi connectivity index (χ4n) is 5.26. The monoisotopic (exact) mass is 615 g/mol. The second-order valence-electron chi connectivity index (χ2n) is 10.6. The maximum Gasteiger partial charge on any atom is 0.356 e. The Morgan fingerprint density at radius 3 is 2.13 bits per heavy atom. The number of aliphatic imine (C=N–C) groups is 1. The number of nitrogens with zero attached hydrogens (tertiary/aromatic N) is 3. The smallest absolute Gasteiger partial charge is 0.356 e. The van der Waals surface area contributed by atoms with Gasteiger partial charge in [-0.1, -0.05) is 97.1 Å². The standard InChI is InChI=1S/C36H30N4O4S/c37-33(41)28-18-21-39(22-19-28)20-10-17-29-24-45-35-30(38-23-25-11-4-1-5-12-25)34(42)40(35)31(29)36(43)44-32(26-13-6-2-7-14-26)27-15-8-3-9-16-27/h1-19,21-23,30,32,35H,20,24H2,(H-,37,41)/p+1/b17-10+,38-23?/t30?,35-/m0/s1. The van der Waals surface area contributed by atoms with E-state index in [0.29, 0.717) is 23.4 Å². The van der Waals surface area contributed by atoms with Crippen molar-refractivity contribution in [2.75, 3.05) is 5.75 Å². The zero-order valence-corrected chi connectivity index (χ0v) is 25.1. The molecule has 1 fully saturated rings. The second kappa shape index (κ2) is 13.6. The van der Waals surface area contributed by atoms with Gasteiger partial charge in [-0.2, -0.15) is 0 Å². The Kier molecular flexibility index (Phi) is 8.98. The summed E-state index contributed by atoms with van der Waals surface area (Å²) in [5.41, 5.74) is 9.26. The highest BCUT2D eigenvalue weighted by atomic mass is 32.2. The molecule has 224 valence electrons. The van der Waals surface area contributed by atoms with Crippen molar-refractivity contribution in [3.8, 4) is 0 Å². The number of hydrogen-bond donors (Lipinski definition) is 1. The summed E-state index contributed by atoms with van der Waals surface area (Å²) in [4.78, 5) is 45.2. The van der Waals surface area contributed by atoms with Crippen LogP contribution >= 0.6 is 11.8 Å². The molecule has 0 bridgehead atoms. The van der Waals surface area contributed by atoms with Crippen LogP contribution in [-0.2, 0) is 20.9 Å². The molecule has 45 heavy (non-hydrogen) atoms. The maximum absolute atomic E-state index is 14.1. The van der Waals surface area contributed by atoms with Crippen molar-refractivity contribution in [1.82, 2.24) is 4.90 Å². The van der Waals surface area contributed by atoms with Gasteiger partial charge in [-0.3, -0.25) is 19.5 Å². The van der Waals surface area contributed by atoms with Gasteiger partial charge in [0.2, 0.25) is 5.91 Å². The molecule has 2 aliphatic heterocycles. The zero-order chi connectivity index (χ0) is 31.2. The number of aromatic nitrogens is 1. The molecule has 0 spiro atoms. The number of fused-ring (bicyclic) bond motifs is 1. The van der Waals surface area contributed by atoms with Crippen LogP contribution in [-0.4, -0.2) is 46.1 Å². The van der Waals surface area contributed by atoms with Crippen LogP contribution < -0.4 is 10.3 Å². The third kappa shape index (κ3) is 6.63. The van der Waals surface area contributed by atoms with Gasteiger partial charge in [0, 0.05) is 24.1 Å². The van der Waals surface area contributed by atoms with Gasteiger partial charge in [-0.15, -0.1) is 11.8 Å². The minimum Gasteiger partial charge on any atom is -0.448 e. The summed E-state index contributed by atoms with van der Waals surface area (Å²) in [5.74, 6) is -0.811. The van der Waals surface area contributed by atoms with E-state index in [1.807, 2.05) is 108 Å². The van der Waals surface area contributed by atoms with Crippen LogP contribution in [0, 0.1) is 0 Å². The summed E-state index contributed by atoms with van der Waals surface area (Å²) >= 11 is 1.57. The van der Waals surface area contributed by atoms with Crippen LogP contribution in [0.3, 0.4) is 0 Å². The number of amides is 2. The van der Waals surface area contributed by atoms with E-state index in [2.05, 4.69) is 4.99 Å². The number of rotatable bonds is 10. The molecule has 1 aromatic heterocycles. The van der Waals surface area contributed by atoms with Crippen LogP contribution in [0.4, 0.5) is 0 Å². The largest absolute Gasteiger partial charge is 0.448 e. The SMILES string of the molecule is NC(=O)c1cc[n+](C/C=C/C2=C(C(=O)OC(c3ccccc3)c3ccccc3)N3C(=O)C(N=Cc4ccccc4)[C@@H]3SC2)cc1. The number of allylic oxidation sites excluding steroid dienone is 2. The molecule has 0 radical (unpaired) electrons. The number of primary amides is 1. The molecule has 0 saturated carbocycles. The molecule has 9 heteroatoms. The van der Waals surface area contributed by atoms with E-state index in [0.717, 1.165) is 16.7 Å². The molecule has 0 aliphatic carbocycles. The number of hydrogen-bond acceptors (Lipinski definition) is 6. The third-order valence-corrected chi connectivity index (χ3v) is 8.88. The fourth-order valence-corrected chi connectivity index (χ4v) is 6.57. The molecule has 1 unspecified atom stereocenters. The molecule has 6 rings (SSSR count). The van der Waals surface area contributed by atoms with Crippen molar-refractivity contribution >= 4 is 35.8 Å². The number of nitrogens with two attached hydrogens (primary N) is 1. The van der Waals surface area contributed by atoms with Crippen LogP contribution in [0.5, 0.6) is 0 Å². The molecular formula is C36H31N4O4S+. The van der Waals surface area contributed by atoms with E-state index >= 15 is 0 Å². The average Bonchev–Trinajstić information content (AvgIpc) is 3.08. The molecule has 3 heterocycles. The number of benzene rings is 3. The van der Waals surface area contributed by atoms with Crippen molar-refractivity contribution < 1.29 is 23.7 Å². The molecular weight excluding hydrogens is 584 g/mol. The summed E-state index contributed by atoms with van der Waals surface area (Å²) in [6.07, 6.45) is 8.35. The first-order valence-electron chi connectivity index (χ1n) is 14.5. The van der Waals surface area contributed by atoms with Gasteiger partial charge in [0.05, 0.1) is 5.56 Å². The van der Waals surface area contributed by atoms with Gasteiger partial charge >= 0.3 is 5.97 Å². The van der Waals surface area contributed by atoms with Gasteiger partial charge in [0.1, 0.15) is 11.1 Å². The van der Waals surface area contributed by atoms with Crippen molar-refractivity contribution in [3.05, 3.63) is 161 Å². The van der Waals surface area contributed by atoms with E-state index in [1.165, 1.54) is 4.90 Å². The highest BCUT2D eigenvalue weighted by molar-refractivity contribution is 8.00. The van der Waals surface area contributed by atoms with Crippen molar-refractivity contribution in [1.29, 1.82) is 0 Å². The molecule has 1 saturated heterocycles. The first kappa shape index (κ1) is 29.8. The molecule has 2 atom stereocenters. The average molecular weight is 616 g/mol. The third-order valence-electron chi connectivity index (χ3n) is 7.59. The number of pyridine rings is 1. The lowest BCUT2D eigenvalue weighted by Gasteiger charge is -2.48. The fraction of sp³-hybridized carbons (Fsp3) is 0.139. The lowest BCUT2D eigenvalue weighted by atomic mass is 10.0. The highest BCUT2D eigenvalue weighted by Gasteiger charge is 2.53. The summed E-state index contributed by atoms with van der Waals surface area (Å²) in [5, 5.41) is -0.320. The first-order valence-corrected chi connectivity index (χ1v) is 15.6. The van der Waals surface area contributed by atoms with Gasteiger partial charge in [-0.25, -0.2) is 9.36 Å². The highest BCUT2D eigenvalue weighted by Crippen LogP contribution is 2.43. The Balaban J connectivity index is 1.30. The Labute approximate surface area is 265 Å². The minimum absolute atomic E-state index is 0.233. The van der Waals surface area contributed by atoms with Gasteiger partial charge < -0.3 is 10.5 Å². The van der Waals surface area contributed by atoms with Crippen LogP contribution in [0.2, 0.25) is 0 Å². The van der Waals surface area contributed by atoms with E-state index in [9.17, 15) is 14.4 Å². The van der Waals surface area contributed by atoms with Gasteiger partial charge in [0.25, 0.3) is 5.91 Å². The lowest BCUT2D eigenvalue weighted by Crippen LogP contribution is -2.64. The predicted octanol–water partition coefficient (Wildman–Crippen LogP) is 4.62. The Morgan fingerprint density at radius 1 is 0.933 bits per heavy atom. The van der Waals surface area contributed by atoms with Crippen LogP contribution in [0.1, 0.15) is 33.2 Å². The minimum atomic E-state index is -0.659. The number of thioether (sulfide) groups is 1. The maximum atomic E-state index is 14.1. The topological polar surface area (TPSA) is 106 Å². The quantitative estimate of drug-likeness (QED) is 0.121. The zero-order valence-electron chi connectivity index (χ0n) is 24.3. The number of carbonyl (C=O) groups is 3. The summed E-state index contributed by atoms with van der Waals surface area (Å²) in [6, 6.07) is 31.5. The molecule has 4 aromatic rings. The van der Waals surface area contributed by atoms with E-state index in [-0.39, 0.29) is 17.0 Å². The molecule has 3 aromatic carbocycles. The predicted molar refractivity (Wildman–Crippen MR) is 173 cm³/mol. The van der Waals surface area contributed by atoms with Gasteiger partial charge in [-0.05, 0) is 28.3 Å². The molecule has 2 N–H and O–H groups in total. The lowest BCUT2D eigenvalue weighted by molar-refractivity contribution is -0.687. The van der Waals surface area contributed by atoms with Crippen LogP contribution in [0.15, 0.2) is 144 Å². The van der Waals surface area contributed by atoms with E-state index in [1.54, 1.807) is 42.5 Å². The van der Waals surface area contributed by atoms with Gasteiger partial charge in [0.15, 0.2) is 31.1 Å². The van der Waals surface area contributed by atoms with E-state index < -0.39 is 24.0 Å².